The topological polar surface area (TPSA) is 74.1 Å². The van der Waals surface area contributed by atoms with Gasteiger partial charge in [0.15, 0.2) is 0 Å². The van der Waals surface area contributed by atoms with Gasteiger partial charge in [0.1, 0.15) is 17.3 Å². The fourth-order valence-electron chi connectivity index (χ4n) is 2.50. The zero-order chi connectivity index (χ0) is 22.6. The number of hydrogen-bond acceptors (Lipinski definition) is 3. The number of nitrogens with zero attached hydrogens (tertiary/aromatic N) is 1. The number of urea groups is 1. The van der Waals surface area contributed by atoms with Gasteiger partial charge in [0.25, 0.3) is 0 Å². The molecule has 10 heteroatoms. The van der Waals surface area contributed by atoms with Crippen LogP contribution in [0.4, 0.5) is 33.7 Å². The second-order valence-electron chi connectivity index (χ2n) is 6.15. The van der Waals surface area contributed by atoms with E-state index in [0.717, 1.165) is 6.07 Å². The molecule has 0 bridgehead atoms. The monoisotopic (exact) mass is 449 g/mol. The van der Waals surface area contributed by atoms with Gasteiger partial charge in [-0.2, -0.15) is 18.4 Å². The molecule has 0 saturated heterocycles. The molecule has 5 nitrogen and oxygen atoms in total. The summed E-state index contributed by atoms with van der Waals surface area (Å²) < 4.78 is 57.5. The standard InChI is InChI=1S/C21H12ClF4N3O2/c22-17-7-6-15(31-14-4-1-12(11-27)2-5-14)10-19(17)29-20(30)28-13-3-8-18(23)16(9-13)21(24,25)26/h1-10H,(H2,28,29,30). The summed E-state index contributed by atoms with van der Waals surface area (Å²) in [6.07, 6.45) is -4.90. The predicted octanol–water partition coefficient (Wildman–Crippen LogP) is 6.81. The number of nitrogens with one attached hydrogen (secondary N) is 2. The van der Waals surface area contributed by atoms with Crippen LogP contribution in [0, 0.1) is 17.1 Å². The van der Waals surface area contributed by atoms with E-state index in [1.54, 1.807) is 30.3 Å². The molecule has 158 valence electrons. The molecule has 0 fully saturated rings. The van der Waals surface area contributed by atoms with Gasteiger partial charge >= 0.3 is 12.2 Å². The Morgan fingerprint density at radius 3 is 2.29 bits per heavy atom. The van der Waals surface area contributed by atoms with Crippen molar-refractivity contribution in [3.63, 3.8) is 0 Å². The van der Waals surface area contributed by atoms with Gasteiger partial charge < -0.3 is 15.4 Å². The fraction of sp³-hybridized carbons (Fsp3) is 0.0476. The molecule has 0 aliphatic carbocycles. The Labute approximate surface area is 178 Å². The number of rotatable bonds is 4. The largest absolute Gasteiger partial charge is 0.457 e. The van der Waals surface area contributed by atoms with Crippen LogP contribution in [0.1, 0.15) is 11.1 Å². The van der Waals surface area contributed by atoms with Crippen molar-refractivity contribution in [3.8, 4) is 17.6 Å². The van der Waals surface area contributed by atoms with Crippen LogP contribution < -0.4 is 15.4 Å². The first kappa shape index (κ1) is 21.9. The molecule has 0 heterocycles. The summed E-state index contributed by atoms with van der Waals surface area (Å²) in [4.78, 5) is 12.2. The van der Waals surface area contributed by atoms with Crippen LogP contribution >= 0.6 is 11.6 Å². The summed E-state index contributed by atoms with van der Waals surface area (Å²) in [5, 5.41) is 13.6. The lowest BCUT2D eigenvalue weighted by Gasteiger charge is -2.13. The lowest BCUT2D eigenvalue weighted by atomic mass is 10.2. The maximum Gasteiger partial charge on any atom is 0.419 e. The van der Waals surface area contributed by atoms with E-state index in [9.17, 15) is 22.4 Å². The zero-order valence-electron chi connectivity index (χ0n) is 15.4. The first-order valence-corrected chi connectivity index (χ1v) is 8.96. The minimum Gasteiger partial charge on any atom is -0.457 e. The predicted molar refractivity (Wildman–Crippen MR) is 107 cm³/mol. The third-order valence-electron chi connectivity index (χ3n) is 3.93. The molecule has 2 N–H and O–H groups in total. The first-order chi connectivity index (χ1) is 14.7. The van der Waals surface area contributed by atoms with Crippen molar-refractivity contribution in [2.45, 2.75) is 6.18 Å². The molecule has 0 saturated carbocycles. The van der Waals surface area contributed by atoms with Gasteiger partial charge in [-0.15, -0.1) is 0 Å². The highest BCUT2D eigenvalue weighted by molar-refractivity contribution is 6.33. The summed E-state index contributed by atoms with van der Waals surface area (Å²) in [6.45, 7) is 0. The number of amides is 2. The van der Waals surface area contributed by atoms with Gasteiger partial charge in [-0.05, 0) is 54.6 Å². The SMILES string of the molecule is N#Cc1ccc(Oc2ccc(Cl)c(NC(=O)Nc3ccc(F)c(C(F)(F)F)c3)c2)cc1. The van der Waals surface area contributed by atoms with Crippen molar-refractivity contribution in [2.75, 3.05) is 10.6 Å². The first-order valence-electron chi connectivity index (χ1n) is 8.58. The average molecular weight is 450 g/mol. The van der Waals surface area contributed by atoms with Crippen molar-refractivity contribution >= 4 is 29.0 Å². The van der Waals surface area contributed by atoms with Gasteiger partial charge in [0.05, 0.1) is 27.9 Å². The van der Waals surface area contributed by atoms with E-state index in [2.05, 4.69) is 10.6 Å². The molecule has 0 aliphatic rings. The molecule has 0 aromatic heterocycles. The Kier molecular flexibility index (Phi) is 6.32. The Hall–Kier alpha value is -3.77. The number of nitriles is 1. The number of hydrogen-bond donors (Lipinski definition) is 2. The molecule has 0 atom stereocenters. The van der Waals surface area contributed by atoms with E-state index in [0.29, 0.717) is 29.2 Å². The van der Waals surface area contributed by atoms with Crippen LogP contribution in [-0.2, 0) is 6.18 Å². The molecular formula is C21H12ClF4N3O2. The highest BCUT2D eigenvalue weighted by Gasteiger charge is 2.34. The molecule has 2 amide bonds. The third-order valence-corrected chi connectivity index (χ3v) is 4.26. The van der Waals surface area contributed by atoms with Gasteiger partial charge in [-0.3, -0.25) is 0 Å². The van der Waals surface area contributed by atoms with Crippen molar-refractivity contribution in [3.05, 3.63) is 82.6 Å². The smallest absolute Gasteiger partial charge is 0.419 e. The van der Waals surface area contributed by atoms with Crippen molar-refractivity contribution in [1.29, 1.82) is 5.26 Å². The Bertz CT molecular complexity index is 1160. The van der Waals surface area contributed by atoms with Crippen LogP contribution in [-0.4, -0.2) is 6.03 Å². The Balaban J connectivity index is 1.72. The highest BCUT2D eigenvalue weighted by atomic mass is 35.5. The summed E-state index contributed by atoms with van der Waals surface area (Å²) in [5.41, 5.74) is -1.17. The molecule has 3 aromatic rings. The lowest BCUT2D eigenvalue weighted by molar-refractivity contribution is -0.139. The summed E-state index contributed by atoms with van der Waals surface area (Å²) in [5.74, 6) is -0.706. The zero-order valence-corrected chi connectivity index (χ0v) is 16.2. The van der Waals surface area contributed by atoms with E-state index < -0.39 is 23.6 Å². The summed E-state index contributed by atoms with van der Waals surface area (Å²) in [7, 11) is 0. The maximum absolute atomic E-state index is 13.4. The van der Waals surface area contributed by atoms with Crippen LogP contribution in [0.5, 0.6) is 11.5 Å². The quantitative estimate of drug-likeness (QED) is 0.430. The Morgan fingerprint density at radius 2 is 1.65 bits per heavy atom. The van der Waals surface area contributed by atoms with Crippen LogP contribution in [0.2, 0.25) is 5.02 Å². The third kappa shape index (κ3) is 5.65. The number of anilines is 2. The molecular weight excluding hydrogens is 438 g/mol. The second kappa shape index (κ2) is 8.93. The van der Waals surface area contributed by atoms with E-state index >= 15 is 0 Å². The van der Waals surface area contributed by atoms with Crippen molar-refractivity contribution < 1.29 is 27.1 Å². The van der Waals surface area contributed by atoms with Crippen LogP contribution in [0.15, 0.2) is 60.7 Å². The number of carbonyl (C=O) groups is 1. The van der Waals surface area contributed by atoms with Gasteiger partial charge in [-0.25, -0.2) is 9.18 Å². The maximum atomic E-state index is 13.4. The molecule has 0 unspecified atom stereocenters. The van der Waals surface area contributed by atoms with Crippen molar-refractivity contribution in [1.82, 2.24) is 0 Å². The van der Waals surface area contributed by atoms with Crippen molar-refractivity contribution in [2.24, 2.45) is 0 Å². The van der Waals surface area contributed by atoms with Crippen LogP contribution in [0.25, 0.3) is 0 Å². The normalized spacial score (nSPS) is 10.8. The molecule has 0 radical (unpaired) electrons. The fourth-order valence-corrected chi connectivity index (χ4v) is 2.67. The number of halogens is 5. The van der Waals surface area contributed by atoms with E-state index in [1.807, 2.05) is 6.07 Å². The lowest BCUT2D eigenvalue weighted by Crippen LogP contribution is -2.20. The van der Waals surface area contributed by atoms with Crippen LogP contribution in [0.3, 0.4) is 0 Å². The number of alkyl halides is 3. The molecule has 0 spiro atoms. The Morgan fingerprint density at radius 1 is 0.968 bits per heavy atom. The number of carbonyl (C=O) groups excluding carboxylic acids is 1. The minimum absolute atomic E-state index is 0.128. The van der Waals surface area contributed by atoms with Gasteiger partial charge in [0, 0.05) is 11.8 Å². The molecule has 3 aromatic carbocycles. The van der Waals surface area contributed by atoms with E-state index in [4.69, 9.17) is 21.6 Å². The van der Waals surface area contributed by atoms with Gasteiger partial charge in [-0.1, -0.05) is 11.6 Å². The summed E-state index contributed by atoms with van der Waals surface area (Å²) in [6, 6.07) is 13.9. The molecule has 0 aliphatic heterocycles. The van der Waals surface area contributed by atoms with E-state index in [-0.39, 0.29) is 16.4 Å². The molecule has 3 rings (SSSR count). The second-order valence-corrected chi connectivity index (χ2v) is 6.56. The highest BCUT2D eigenvalue weighted by Crippen LogP contribution is 2.33. The number of benzene rings is 3. The summed E-state index contributed by atoms with van der Waals surface area (Å²) >= 11 is 6.06. The average Bonchev–Trinajstić information content (AvgIpc) is 2.71. The molecule has 31 heavy (non-hydrogen) atoms. The minimum atomic E-state index is -4.90. The van der Waals surface area contributed by atoms with E-state index in [1.165, 1.54) is 12.1 Å². The van der Waals surface area contributed by atoms with Gasteiger partial charge in [0.2, 0.25) is 0 Å². The number of ether oxygens (including phenoxy) is 1.